The van der Waals surface area contributed by atoms with Crippen LogP contribution in [0.5, 0.6) is 0 Å². The molecule has 0 unspecified atom stereocenters. The lowest BCUT2D eigenvalue weighted by atomic mass is 9.78. The van der Waals surface area contributed by atoms with Crippen LogP contribution in [0.2, 0.25) is 0 Å². The molecule has 0 radical (unpaired) electrons. The summed E-state index contributed by atoms with van der Waals surface area (Å²) in [6.45, 7) is 5.53. The zero-order chi connectivity index (χ0) is 14.2. The number of carbonyl (C=O) groups excluding carboxylic acids is 1. The van der Waals surface area contributed by atoms with Crippen LogP contribution in [0.1, 0.15) is 35.2 Å². The Kier molecular flexibility index (Phi) is 4.89. The number of rotatable bonds is 1. The van der Waals surface area contributed by atoms with Crippen molar-refractivity contribution in [3.63, 3.8) is 0 Å². The maximum atomic E-state index is 13.4. The minimum atomic E-state index is -0.330. The summed E-state index contributed by atoms with van der Waals surface area (Å²) in [6.07, 6.45) is 3.35. The molecular weight excluding hydrogens is 291 g/mol. The van der Waals surface area contributed by atoms with E-state index in [0.717, 1.165) is 51.0 Å². The van der Waals surface area contributed by atoms with Crippen LogP contribution in [0.15, 0.2) is 18.2 Å². The van der Waals surface area contributed by atoms with Crippen molar-refractivity contribution in [1.29, 1.82) is 0 Å². The van der Waals surface area contributed by atoms with E-state index >= 15 is 0 Å². The van der Waals surface area contributed by atoms with Crippen LogP contribution in [0, 0.1) is 18.2 Å². The van der Waals surface area contributed by atoms with Crippen molar-refractivity contribution in [3.8, 4) is 0 Å². The van der Waals surface area contributed by atoms with Gasteiger partial charge in [-0.1, -0.05) is 0 Å². The van der Waals surface area contributed by atoms with Gasteiger partial charge in [-0.05, 0) is 68.5 Å². The van der Waals surface area contributed by atoms with Crippen molar-refractivity contribution in [2.24, 2.45) is 5.41 Å². The maximum Gasteiger partial charge on any atom is 0.253 e. The van der Waals surface area contributed by atoms with Crippen molar-refractivity contribution in [2.75, 3.05) is 26.2 Å². The Bertz CT molecular complexity index is 509. The number of amides is 1. The van der Waals surface area contributed by atoms with Crippen molar-refractivity contribution < 1.29 is 9.18 Å². The molecule has 1 aromatic rings. The lowest BCUT2D eigenvalue weighted by molar-refractivity contribution is 0.0761. The number of aryl methyl sites for hydroxylation is 1. The molecule has 116 valence electrons. The average molecular weight is 313 g/mol. The Morgan fingerprint density at radius 2 is 1.95 bits per heavy atom. The third-order valence-corrected chi connectivity index (χ3v) is 4.68. The Labute approximate surface area is 131 Å². The van der Waals surface area contributed by atoms with Gasteiger partial charge in [0.1, 0.15) is 5.82 Å². The molecule has 2 heterocycles. The average Bonchev–Trinajstić information content (AvgIpc) is 2.81. The van der Waals surface area contributed by atoms with E-state index < -0.39 is 0 Å². The van der Waals surface area contributed by atoms with Crippen LogP contribution < -0.4 is 5.32 Å². The van der Waals surface area contributed by atoms with Crippen molar-refractivity contribution in [2.45, 2.75) is 26.2 Å². The number of halogens is 2. The number of hydrogen-bond donors (Lipinski definition) is 1. The molecule has 1 amide bonds. The summed E-state index contributed by atoms with van der Waals surface area (Å²) in [7, 11) is 0. The smallest absolute Gasteiger partial charge is 0.253 e. The van der Waals surface area contributed by atoms with E-state index in [2.05, 4.69) is 5.32 Å². The fourth-order valence-electron chi connectivity index (χ4n) is 3.52. The quantitative estimate of drug-likeness (QED) is 0.865. The zero-order valence-corrected chi connectivity index (χ0v) is 13.1. The minimum absolute atomic E-state index is 0. The second-order valence-electron chi connectivity index (χ2n) is 6.24. The standard InChI is InChI=1S/C16H21FN2O.ClH/c1-12-8-13(10-14(17)9-12)15(20)19-7-4-16(11-19)2-5-18-6-3-16;/h8-10,18H,2-7,11H2,1H3;1H. The van der Waals surface area contributed by atoms with Crippen LogP contribution in [0.3, 0.4) is 0 Å². The summed E-state index contributed by atoms with van der Waals surface area (Å²) in [5.41, 5.74) is 1.57. The number of piperidine rings is 1. The molecule has 3 rings (SSSR count). The largest absolute Gasteiger partial charge is 0.338 e. The van der Waals surface area contributed by atoms with Gasteiger partial charge in [0.25, 0.3) is 5.91 Å². The molecule has 2 aliphatic heterocycles. The minimum Gasteiger partial charge on any atom is -0.338 e. The van der Waals surface area contributed by atoms with Gasteiger partial charge in [-0.2, -0.15) is 0 Å². The van der Waals surface area contributed by atoms with Crippen LogP contribution in [0.25, 0.3) is 0 Å². The van der Waals surface area contributed by atoms with Crippen molar-refractivity contribution in [3.05, 3.63) is 35.1 Å². The van der Waals surface area contributed by atoms with Crippen molar-refractivity contribution in [1.82, 2.24) is 10.2 Å². The second-order valence-corrected chi connectivity index (χ2v) is 6.24. The van der Waals surface area contributed by atoms with E-state index in [1.807, 2.05) is 11.8 Å². The van der Waals surface area contributed by atoms with Gasteiger partial charge in [-0.3, -0.25) is 4.79 Å². The Morgan fingerprint density at radius 3 is 2.62 bits per heavy atom. The fraction of sp³-hybridized carbons (Fsp3) is 0.562. The molecule has 1 aromatic carbocycles. The van der Waals surface area contributed by atoms with Gasteiger partial charge in [0.15, 0.2) is 0 Å². The molecule has 3 nitrogen and oxygen atoms in total. The monoisotopic (exact) mass is 312 g/mol. The highest BCUT2D eigenvalue weighted by atomic mass is 35.5. The first-order valence-electron chi connectivity index (χ1n) is 7.35. The number of likely N-dealkylation sites (tertiary alicyclic amines) is 1. The van der Waals surface area contributed by atoms with E-state index in [1.165, 1.54) is 12.1 Å². The SMILES string of the molecule is Cc1cc(F)cc(C(=O)N2CCC3(CCNCC3)C2)c1.Cl. The molecule has 0 atom stereocenters. The molecule has 1 spiro atoms. The lowest BCUT2D eigenvalue weighted by Gasteiger charge is -2.33. The number of carbonyl (C=O) groups is 1. The Morgan fingerprint density at radius 1 is 1.24 bits per heavy atom. The van der Waals surface area contributed by atoms with E-state index in [0.29, 0.717) is 11.0 Å². The zero-order valence-electron chi connectivity index (χ0n) is 12.3. The topological polar surface area (TPSA) is 32.3 Å². The molecule has 0 aromatic heterocycles. The maximum absolute atomic E-state index is 13.4. The van der Waals surface area contributed by atoms with E-state index in [4.69, 9.17) is 0 Å². The summed E-state index contributed by atoms with van der Waals surface area (Å²) in [5.74, 6) is -0.355. The molecule has 0 aliphatic carbocycles. The first kappa shape index (κ1) is 16.2. The highest BCUT2D eigenvalue weighted by Gasteiger charge is 2.40. The van der Waals surface area contributed by atoms with Crippen LogP contribution in [-0.2, 0) is 0 Å². The van der Waals surface area contributed by atoms with Crippen LogP contribution in [0.4, 0.5) is 4.39 Å². The van der Waals surface area contributed by atoms with Gasteiger partial charge in [0.05, 0.1) is 0 Å². The van der Waals surface area contributed by atoms with E-state index in [-0.39, 0.29) is 24.1 Å². The first-order chi connectivity index (χ1) is 9.58. The van der Waals surface area contributed by atoms with E-state index in [1.54, 1.807) is 6.07 Å². The Hall–Kier alpha value is -1.13. The molecular formula is C16H22ClFN2O. The summed E-state index contributed by atoms with van der Waals surface area (Å²) >= 11 is 0. The van der Waals surface area contributed by atoms with Gasteiger partial charge in [0.2, 0.25) is 0 Å². The van der Waals surface area contributed by atoms with Gasteiger partial charge < -0.3 is 10.2 Å². The van der Waals surface area contributed by atoms with Crippen LogP contribution in [-0.4, -0.2) is 37.0 Å². The van der Waals surface area contributed by atoms with Crippen molar-refractivity contribution >= 4 is 18.3 Å². The fourth-order valence-corrected chi connectivity index (χ4v) is 3.52. The molecule has 21 heavy (non-hydrogen) atoms. The number of benzene rings is 1. The molecule has 0 saturated carbocycles. The van der Waals surface area contributed by atoms with Gasteiger partial charge >= 0.3 is 0 Å². The third-order valence-electron chi connectivity index (χ3n) is 4.68. The third kappa shape index (κ3) is 3.38. The first-order valence-corrected chi connectivity index (χ1v) is 7.35. The normalized spacial score (nSPS) is 20.4. The predicted octanol–water partition coefficient (Wildman–Crippen LogP) is 2.77. The molecule has 2 aliphatic rings. The lowest BCUT2D eigenvalue weighted by Crippen LogP contribution is -2.39. The summed E-state index contributed by atoms with van der Waals surface area (Å²) in [6, 6.07) is 4.58. The van der Waals surface area contributed by atoms with Gasteiger partial charge in [0, 0.05) is 18.7 Å². The van der Waals surface area contributed by atoms with E-state index in [9.17, 15) is 9.18 Å². The van der Waals surface area contributed by atoms with Crippen LogP contribution >= 0.6 is 12.4 Å². The molecule has 0 bridgehead atoms. The number of hydrogen-bond acceptors (Lipinski definition) is 2. The molecule has 2 fully saturated rings. The predicted molar refractivity (Wildman–Crippen MR) is 83.4 cm³/mol. The second kappa shape index (κ2) is 6.32. The number of nitrogens with zero attached hydrogens (tertiary/aromatic N) is 1. The highest BCUT2D eigenvalue weighted by Crippen LogP contribution is 2.39. The molecule has 1 N–H and O–H groups in total. The molecule has 2 saturated heterocycles. The molecule has 5 heteroatoms. The Balaban J connectivity index is 0.00000161. The highest BCUT2D eigenvalue weighted by molar-refractivity contribution is 5.94. The van der Waals surface area contributed by atoms with Gasteiger partial charge in [-0.25, -0.2) is 4.39 Å². The summed E-state index contributed by atoms with van der Waals surface area (Å²) in [4.78, 5) is 14.4. The van der Waals surface area contributed by atoms with Gasteiger partial charge in [-0.15, -0.1) is 12.4 Å². The summed E-state index contributed by atoms with van der Waals surface area (Å²) in [5, 5.41) is 3.37. The summed E-state index contributed by atoms with van der Waals surface area (Å²) < 4.78 is 13.4. The number of nitrogens with one attached hydrogen (secondary N) is 1.